The summed E-state index contributed by atoms with van der Waals surface area (Å²) in [4.78, 5) is 18.2. The molecule has 0 aromatic carbocycles. The minimum absolute atomic E-state index is 0.103. The number of nitrogens with zero attached hydrogens (tertiary/aromatic N) is 2. The van der Waals surface area contributed by atoms with Crippen LogP contribution in [0.15, 0.2) is 18.2 Å². The summed E-state index contributed by atoms with van der Waals surface area (Å²) in [5.41, 5.74) is 5.98. The van der Waals surface area contributed by atoms with Crippen molar-refractivity contribution in [3.63, 3.8) is 0 Å². The van der Waals surface area contributed by atoms with E-state index in [9.17, 15) is 4.79 Å². The van der Waals surface area contributed by atoms with Crippen LogP contribution in [0.5, 0.6) is 0 Å². The zero-order valence-corrected chi connectivity index (χ0v) is 11.2. The fourth-order valence-corrected chi connectivity index (χ4v) is 1.65. The highest BCUT2D eigenvalue weighted by Gasteiger charge is 2.21. The summed E-state index contributed by atoms with van der Waals surface area (Å²) in [5.74, 6) is 0.255. The van der Waals surface area contributed by atoms with E-state index in [4.69, 9.17) is 10.5 Å². The molecule has 18 heavy (non-hydrogen) atoms. The summed E-state index contributed by atoms with van der Waals surface area (Å²) in [6.45, 7) is 5.13. The van der Waals surface area contributed by atoms with Gasteiger partial charge in [0.05, 0.1) is 6.61 Å². The molecular weight excluding hydrogens is 230 g/mol. The van der Waals surface area contributed by atoms with Crippen LogP contribution in [0.3, 0.4) is 0 Å². The average Bonchev–Trinajstić information content (AvgIpc) is 2.38. The number of amides is 1. The molecule has 0 bridgehead atoms. The lowest BCUT2D eigenvalue weighted by Gasteiger charge is -2.28. The highest BCUT2D eigenvalue weighted by atomic mass is 16.5. The topological polar surface area (TPSA) is 68.5 Å². The maximum absolute atomic E-state index is 12.4. The van der Waals surface area contributed by atoms with E-state index in [1.165, 1.54) is 0 Å². The van der Waals surface area contributed by atoms with Gasteiger partial charge in [-0.25, -0.2) is 4.98 Å². The average molecular weight is 251 g/mol. The first kappa shape index (κ1) is 14.4. The van der Waals surface area contributed by atoms with E-state index in [-0.39, 0.29) is 11.9 Å². The van der Waals surface area contributed by atoms with Gasteiger partial charge < -0.3 is 15.4 Å². The number of pyridine rings is 1. The largest absolute Gasteiger partial charge is 0.384 e. The number of methoxy groups -OCH3 is 1. The maximum Gasteiger partial charge on any atom is 0.272 e. The molecule has 2 N–H and O–H groups in total. The van der Waals surface area contributed by atoms with Crippen molar-refractivity contribution in [3.8, 4) is 0 Å². The molecule has 1 aromatic heterocycles. The fourth-order valence-electron chi connectivity index (χ4n) is 1.65. The second-order valence-electron chi connectivity index (χ2n) is 4.20. The number of hydrogen-bond donors (Lipinski definition) is 1. The molecule has 1 rings (SSSR count). The van der Waals surface area contributed by atoms with Gasteiger partial charge in [0.25, 0.3) is 5.91 Å². The highest BCUT2D eigenvalue weighted by molar-refractivity contribution is 5.92. The number of ether oxygens (including phenoxy) is 1. The predicted octanol–water partition coefficient (Wildman–Crippen LogP) is 1.55. The van der Waals surface area contributed by atoms with Crippen molar-refractivity contribution in [2.45, 2.75) is 26.3 Å². The Morgan fingerprint density at radius 3 is 2.83 bits per heavy atom. The van der Waals surface area contributed by atoms with Gasteiger partial charge in [-0.3, -0.25) is 4.79 Å². The van der Waals surface area contributed by atoms with Crippen LogP contribution in [0, 0.1) is 0 Å². The molecule has 0 aliphatic rings. The van der Waals surface area contributed by atoms with Gasteiger partial charge in [0.15, 0.2) is 0 Å². The first-order valence-corrected chi connectivity index (χ1v) is 6.12. The van der Waals surface area contributed by atoms with Crippen molar-refractivity contribution < 1.29 is 9.53 Å². The van der Waals surface area contributed by atoms with E-state index in [1.54, 1.807) is 30.2 Å². The Labute approximate surface area is 108 Å². The van der Waals surface area contributed by atoms with Gasteiger partial charge in [-0.2, -0.15) is 0 Å². The minimum atomic E-state index is -0.103. The van der Waals surface area contributed by atoms with Gasteiger partial charge in [-0.15, -0.1) is 0 Å². The summed E-state index contributed by atoms with van der Waals surface area (Å²) < 4.78 is 5.04. The smallest absolute Gasteiger partial charge is 0.272 e. The number of carbonyl (C=O) groups is 1. The van der Waals surface area contributed by atoms with E-state index in [0.717, 1.165) is 6.42 Å². The van der Waals surface area contributed by atoms with Gasteiger partial charge >= 0.3 is 0 Å². The summed E-state index contributed by atoms with van der Waals surface area (Å²) in [6.07, 6.45) is 0.887. The lowest BCUT2D eigenvalue weighted by Crippen LogP contribution is -2.40. The number of nitrogens with two attached hydrogens (primary N) is 1. The van der Waals surface area contributed by atoms with Gasteiger partial charge in [0.1, 0.15) is 11.5 Å². The summed E-state index contributed by atoms with van der Waals surface area (Å²) in [5, 5.41) is 0. The van der Waals surface area contributed by atoms with Crippen LogP contribution in [-0.2, 0) is 4.74 Å². The quantitative estimate of drug-likeness (QED) is 0.833. The molecule has 1 heterocycles. The second kappa shape index (κ2) is 6.96. The number of anilines is 1. The predicted molar refractivity (Wildman–Crippen MR) is 71.3 cm³/mol. The molecule has 0 spiro atoms. The zero-order chi connectivity index (χ0) is 13.5. The molecule has 0 fully saturated rings. The van der Waals surface area contributed by atoms with Crippen molar-refractivity contribution >= 4 is 11.7 Å². The van der Waals surface area contributed by atoms with Crippen molar-refractivity contribution in [2.75, 3.05) is 26.0 Å². The number of aromatic nitrogens is 1. The standard InChI is InChI=1S/C13H21N3O2/c1-4-10(2)16(8-9-18-3)13(17)11-6-5-7-12(14)15-11/h5-7,10H,4,8-9H2,1-3H3,(H2,14,15). The van der Waals surface area contributed by atoms with Crippen molar-refractivity contribution in [2.24, 2.45) is 0 Å². The van der Waals surface area contributed by atoms with E-state index in [1.807, 2.05) is 13.8 Å². The van der Waals surface area contributed by atoms with Gasteiger partial charge in [0, 0.05) is 19.7 Å². The summed E-state index contributed by atoms with van der Waals surface area (Å²) in [7, 11) is 1.62. The third-order valence-corrected chi connectivity index (χ3v) is 2.91. The lowest BCUT2D eigenvalue weighted by molar-refractivity contribution is 0.0608. The Morgan fingerprint density at radius 1 is 1.56 bits per heavy atom. The van der Waals surface area contributed by atoms with Crippen LogP contribution in [0.1, 0.15) is 30.8 Å². The van der Waals surface area contributed by atoms with Crippen LogP contribution >= 0.6 is 0 Å². The summed E-state index contributed by atoms with van der Waals surface area (Å²) >= 11 is 0. The molecule has 5 nitrogen and oxygen atoms in total. The van der Waals surface area contributed by atoms with Crippen molar-refractivity contribution in [3.05, 3.63) is 23.9 Å². The normalized spacial score (nSPS) is 12.2. The number of hydrogen-bond acceptors (Lipinski definition) is 4. The third-order valence-electron chi connectivity index (χ3n) is 2.91. The first-order chi connectivity index (χ1) is 8.60. The molecule has 0 radical (unpaired) electrons. The van der Waals surface area contributed by atoms with E-state index in [0.29, 0.717) is 24.7 Å². The van der Waals surface area contributed by atoms with Gasteiger partial charge in [-0.05, 0) is 25.5 Å². The monoisotopic (exact) mass is 251 g/mol. The Morgan fingerprint density at radius 2 is 2.28 bits per heavy atom. The molecule has 1 amide bonds. The second-order valence-corrected chi connectivity index (χ2v) is 4.20. The van der Waals surface area contributed by atoms with E-state index in [2.05, 4.69) is 4.98 Å². The third kappa shape index (κ3) is 3.70. The molecule has 0 saturated heterocycles. The number of rotatable bonds is 6. The SMILES string of the molecule is CCC(C)N(CCOC)C(=O)c1cccc(N)n1. The maximum atomic E-state index is 12.4. The Hall–Kier alpha value is -1.62. The van der Waals surface area contributed by atoms with Crippen LogP contribution in [0.2, 0.25) is 0 Å². The van der Waals surface area contributed by atoms with E-state index < -0.39 is 0 Å². The highest BCUT2D eigenvalue weighted by Crippen LogP contribution is 2.10. The molecule has 0 saturated carbocycles. The lowest BCUT2D eigenvalue weighted by atomic mass is 10.2. The molecule has 5 heteroatoms. The Bertz CT molecular complexity index is 396. The number of nitrogen functional groups attached to an aromatic ring is 1. The van der Waals surface area contributed by atoms with Crippen LogP contribution in [-0.4, -0.2) is 42.1 Å². The first-order valence-electron chi connectivity index (χ1n) is 6.12. The number of carbonyl (C=O) groups excluding carboxylic acids is 1. The van der Waals surface area contributed by atoms with Crippen LogP contribution < -0.4 is 5.73 Å². The molecule has 1 atom stereocenters. The zero-order valence-electron chi connectivity index (χ0n) is 11.2. The van der Waals surface area contributed by atoms with Crippen LogP contribution in [0.4, 0.5) is 5.82 Å². The Kier molecular flexibility index (Phi) is 5.58. The molecule has 100 valence electrons. The van der Waals surface area contributed by atoms with Gasteiger partial charge in [-0.1, -0.05) is 13.0 Å². The van der Waals surface area contributed by atoms with E-state index >= 15 is 0 Å². The van der Waals surface area contributed by atoms with Crippen LogP contribution in [0.25, 0.3) is 0 Å². The van der Waals surface area contributed by atoms with Crippen molar-refractivity contribution in [1.29, 1.82) is 0 Å². The molecule has 0 aliphatic carbocycles. The summed E-state index contributed by atoms with van der Waals surface area (Å²) in [6, 6.07) is 5.23. The van der Waals surface area contributed by atoms with Crippen molar-refractivity contribution in [1.82, 2.24) is 9.88 Å². The molecule has 1 unspecified atom stereocenters. The molecule has 1 aromatic rings. The molecular formula is C13H21N3O2. The van der Waals surface area contributed by atoms with Gasteiger partial charge in [0.2, 0.25) is 0 Å². The molecule has 0 aliphatic heterocycles. The minimum Gasteiger partial charge on any atom is -0.384 e. The Balaban J connectivity index is 2.87. The fraction of sp³-hybridized carbons (Fsp3) is 0.538.